The van der Waals surface area contributed by atoms with Crippen molar-refractivity contribution in [1.29, 1.82) is 0 Å². The molecular weight excluding hydrogens is 320 g/mol. The number of carbonyl (C=O) groups is 2. The third-order valence-corrected chi connectivity index (χ3v) is 5.16. The minimum atomic E-state index is -0.550. The zero-order valence-corrected chi connectivity index (χ0v) is 15.6. The summed E-state index contributed by atoms with van der Waals surface area (Å²) in [4.78, 5) is 25.1. The molecule has 0 spiro atoms. The van der Waals surface area contributed by atoms with Crippen molar-refractivity contribution >= 4 is 17.8 Å². The van der Waals surface area contributed by atoms with Gasteiger partial charge in [-0.05, 0) is 58.8 Å². The van der Waals surface area contributed by atoms with Gasteiger partial charge in [-0.2, -0.15) is 5.10 Å². The number of carbonyl (C=O) groups excluding carboxylic acids is 2. The fourth-order valence-corrected chi connectivity index (χ4v) is 4.26. The van der Waals surface area contributed by atoms with Gasteiger partial charge in [0.1, 0.15) is 11.4 Å². The van der Waals surface area contributed by atoms with Gasteiger partial charge in [-0.1, -0.05) is 0 Å². The van der Waals surface area contributed by atoms with E-state index in [-0.39, 0.29) is 17.9 Å². The van der Waals surface area contributed by atoms with Crippen LogP contribution in [0.25, 0.3) is 0 Å². The Morgan fingerprint density at radius 3 is 2.56 bits per heavy atom. The van der Waals surface area contributed by atoms with Crippen LogP contribution in [-0.4, -0.2) is 33.4 Å². The predicted octanol–water partition coefficient (Wildman–Crippen LogP) is 2.61. The van der Waals surface area contributed by atoms with Gasteiger partial charge in [-0.25, -0.2) is 4.79 Å². The number of rotatable bonds is 3. The highest BCUT2D eigenvalue weighted by Crippen LogP contribution is 2.49. The van der Waals surface area contributed by atoms with E-state index in [9.17, 15) is 9.59 Å². The molecule has 2 fully saturated rings. The number of nitrogens with one attached hydrogen (secondary N) is 2. The Hall–Kier alpha value is -2.05. The topological polar surface area (TPSA) is 85.3 Å². The average molecular weight is 348 g/mol. The molecule has 1 aromatic rings. The Kier molecular flexibility index (Phi) is 4.51. The third kappa shape index (κ3) is 3.80. The molecule has 3 rings (SSSR count). The van der Waals surface area contributed by atoms with E-state index in [1.807, 2.05) is 33.8 Å². The molecular formula is C18H28N4O3. The maximum atomic E-state index is 12.9. The van der Waals surface area contributed by atoms with Gasteiger partial charge in [0.05, 0.1) is 11.6 Å². The largest absolute Gasteiger partial charge is 0.444 e. The Balaban J connectivity index is 1.71. The van der Waals surface area contributed by atoms with Crippen LogP contribution >= 0.6 is 0 Å². The van der Waals surface area contributed by atoms with Crippen LogP contribution in [-0.2, 0) is 16.6 Å². The van der Waals surface area contributed by atoms with Crippen molar-refractivity contribution < 1.29 is 14.3 Å². The standard InChI is InChI=1S/C18H28N4O3/c1-10-8-13(22(5)21-10)19-16(23)14-11-6-7-12(9-11)15(14)20-17(24)25-18(2,3)4/h8,11-12,14-15H,6-7,9H2,1-5H3,(H,19,23)(H,20,24)/t11-,12-,14+,15+/m0/s1. The van der Waals surface area contributed by atoms with Crippen LogP contribution < -0.4 is 10.6 Å². The molecule has 0 aliphatic heterocycles. The van der Waals surface area contributed by atoms with E-state index in [4.69, 9.17) is 4.74 Å². The average Bonchev–Trinajstić information content (AvgIpc) is 3.12. The molecule has 1 aromatic heterocycles. The van der Waals surface area contributed by atoms with E-state index in [1.54, 1.807) is 11.7 Å². The number of fused-ring (bicyclic) bond motifs is 2. The second-order valence-electron chi connectivity index (χ2n) is 8.31. The lowest BCUT2D eigenvalue weighted by atomic mass is 9.84. The summed E-state index contributed by atoms with van der Waals surface area (Å²) in [6, 6.07) is 1.68. The first-order valence-corrected chi connectivity index (χ1v) is 8.95. The minimum absolute atomic E-state index is 0.0451. The first-order valence-electron chi connectivity index (χ1n) is 8.95. The Labute approximate surface area is 148 Å². The van der Waals surface area contributed by atoms with Gasteiger partial charge in [0.2, 0.25) is 5.91 Å². The molecule has 0 saturated heterocycles. The van der Waals surface area contributed by atoms with Gasteiger partial charge in [-0.15, -0.1) is 0 Å². The molecule has 0 radical (unpaired) electrons. The van der Waals surface area contributed by atoms with Gasteiger partial charge in [-0.3, -0.25) is 9.48 Å². The number of aryl methyl sites for hydroxylation is 2. The lowest BCUT2D eigenvalue weighted by Crippen LogP contribution is -2.49. The maximum Gasteiger partial charge on any atom is 0.407 e. The van der Waals surface area contributed by atoms with Crippen molar-refractivity contribution in [3.05, 3.63) is 11.8 Å². The fraction of sp³-hybridized carbons (Fsp3) is 0.722. The molecule has 2 aliphatic rings. The highest BCUT2D eigenvalue weighted by atomic mass is 16.6. The molecule has 2 saturated carbocycles. The van der Waals surface area contributed by atoms with Gasteiger partial charge in [0.15, 0.2) is 0 Å². The highest BCUT2D eigenvalue weighted by Gasteiger charge is 2.51. The van der Waals surface area contributed by atoms with E-state index in [0.717, 1.165) is 25.0 Å². The summed E-state index contributed by atoms with van der Waals surface area (Å²) >= 11 is 0. The summed E-state index contributed by atoms with van der Waals surface area (Å²) in [6.45, 7) is 7.40. The van der Waals surface area contributed by atoms with Crippen molar-refractivity contribution in [3.8, 4) is 0 Å². The second-order valence-corrected chi connectivity index (χ2v) is 8.31. The summed E-state index contributed by atoms with van der Waals surface area (Å²) in [5, 5.41) is 10.2. The summed E-state index contributed by atoms with van der Waals surface area (Å²) in [5.41, 5.74) is 0.306. The Morgan fingerprint density at radius 2 is 1.96 bits per heavy atom. The molecule has 138 valence electrons. The number of hydrogen-bond donors (Lipinski definition) is 2. The molecule has 2 amide bonds. The van der Waals surface area contributed by atoms with Gasteiger partial charge in [0.25, 0.3) is 0 Å². The molecule has 25 heavy (non-hydrogen) atoms. The predicted molar refractivity (Wildman–Crippen MR) is 94.1 cm³/mol. The van der Waals surface area contributed by atoms with E-state index >= 15 is 0 Å². The van der Waals surface area contributed by atoms with Crippen LogP contribution in [0.5, 0.6) is 0 Å². The van der Waals surface area contributed by atoms with E-state index < -0.39 is 11.7 Å². The van der Waals surface area contributed by atoms with Crippen LogP contribution in [0.2, 0.25) is 0 Å². The summed E-state index contributed by atoms with van der Waals surface area (Å²) in [7, 11) is 1.81. The van der Waals surface area contributed by atoms with Crippen LogP contribution in [0.4, 0.5) is 10.6 Å². The van der Waals surface area contributed by atoms with E-state index in [2.05, 4.69) is 15.7 Å². The quantitative estimate of drug-likeness (QED) is 0.879. The van der Waals surface area contributed by atoms with Crippen molar-refractivity contribution in [2.45, 2.75) is 58.6 Å². The number of nitrogens with zero attached hydrogens (tertiary/aromatic N) is 2. The Bertz CT molecular complexity index is 676. The zero-order chi connectivity index (χ0) is 18.4. The van der Waals surface area contributed by atoms with Crippen molar-refractivity contribution in [2.24, 2.45) is 24.8 Å². The van der Waals surface area contributed by atoms with Crippen LogP contribution in [0, 0.1) is 24.7 Å². The third-order valence-electron chi connectivity index (χ3n) is 5.16. The summed E-state index contributed by atoms with van der Waals surface area (Å²) in [6.07, 6.45) is 2.64. The number of ether oxygens (including phenoxy) is 1. The number of hydrogen-bond acceptors (Lipinski definition) is 4. The van der Waals surface area contributed by atoms with Crippen molar-refractivity contribution in [3.63, 3.8) is 0 Å². The highest BCUT2D eigenvalue weighted by molar-refractivity contribution is 5.93. The van der Waals surface area contributed by atoms with Crippen LogP contribution in [0.1, 0.15) is 45.7 Å². The molecule has 7 heteroatoms. The molecule has 4 atom stereocenters. The van der Waals surface area contributed by atoms with Crippen LogP contribution in [0.3, 0.4) is 0 Å². The molecule has 2 bridgehead atoms. The SMILES string of the molecule is Cc1cc(NC(=O)[C@@H]2[C@H]3CC[C@@H](C3)[C@H]2NC(=O)OC(C)(C)C)n(C)n1. The van der Waals surface area contributed by atoms with E-state index in [1.165, 1.54) is 0 Å². The molecule has 0 aromatic carbocycles. The van der Waals surface area contributed by atoms with Crippen molar-refractivity contribution in [1.82, 2.24) is 15.1 Å². The fourth-order valence-electron chi connectivity index (χ4n) is 4.26. The van der Waals surface area contributed by atoms with Gasteiger partial charge < -0.3 is 15.4 Å². The zero-order valence-electron chi connectivity index (χ0n) is 15.6. The molecule has 0 unspecified atom stereocenters. The summed E-state index contributed by atoms with van der Waals surface area (Å²) < 4.78 is 7.04. The molecule has 1 heterocycles. The molecule has 2 N–H and O–H groups in total. The van der Waals surface area contributed by atoms with Crippen molar-refractivity contribution in [2.75, 3.05) is 5.32 Å². The summed E-state index contributed by atoms with van der Waals surface area (Å²) in [5.74, 6) is 1.08. The van der Waals surface area contributed by atoms with Gasteiger partial charge in [0, 0.05) is 19.2 Å². The normalized spacial score (nSPS) is 28.0. The minimum Gasteiger partial charge on any atom is -0.444 e. The lowest BCUT2D eigenvalue weighted by molar-refractivity contribution is -0.122. The smallest absolute Gasteiger partial charge is 0.407 e. The number of anilines is 1. The second kappa shape index (κ2) is 6.35. The number of aromatic nitrogens is 2. The first-order chi connectivity index (χ1) is 11.6. The lowest BCUT2D eigenvalue weighted by Gasteiger charge is -2.31. The molecule has 7 nitrogen and oxygen atoms in total. The molecule has 2 aliphatic carbocycles. The maximum absolute atomic E-state index is 12.9. The monoisotopic (exact) mass is 348 g/mol. The Morgan fingerprint density at radius 1 is 1.28 bits per heavy atom. The van der Waals surface area contributed by atoms with E-state index in [0.29, 0.717) is 17.7 Å². The van der Waals surface area contributed by atoms with Crippen LogP contribution in [0.15, 0.2) is 6.07 Å². The van der Waals surface area contributed by atoms with Gasteiger partial charge >= 0.3 is 6.09 Å². The number of alkyl carbamates (subject to hydrolysis) is 1. The number of amides is 2. The first kappa shape index (κ1) is 17.8.